The maximum Gasteiger partial charge on any atom is 0.376 e. The molecule has 0 bridgehead atoms. The van der Waals surface area contributed by atoms with Gasteiger partial charge in [0.1, 0.15) is 0 Å². The maximum absolute atomic E-state index is 10.4. The minimum absolute atomic E-state index is 0.426. The van der Waals surface area contributed by atoms with Crippen LogP contribution in [0.4, 0.5) is 0 Å². The molecule has 60 valence electrons. The third-order valence-corrected chi connectivity index (χ3v) is 0.880. The van der Waals surface area contributed by atoms with Crippen LogP contribution in [-0.4, -0.2) is 27.9 Å². The number of ketones is 1. The molecule has 5 nitrogen and oxygen atoms in total. The summed E-state index contributed by atoms with van der Waals surface area (Å²) in [5.41, 5.74) is -0.426. The molecular formula is C6H6O5. The van der Waals surface area contributed by atoms with Gasteiger partial charge in [-0.1, -0.05) is 6.58 Å². The van der Waals surface area contributed by atoms with Crippen molar-refractivity contribution in [1.82, 2.24) is 0 Å². The molecule has 0 aromatic heterocycles. The summed E-state index contributed by atoms with van der Waals surface area (Å²) in [4.78, 5) is 30.3. The van der Waals surface area contributed by atoms with Crippen molar-refractivity contribution >= 4 is 17.7 Å². The summed E-state index contributed by atoms with van der Waals surface area (Å²) in [6.45, 7) is 3.00. The Balaban J connectivity index is 4.16. The lowest BCUT2D eigenvalue weighted by Gasteiger charge is -1.94. The van der Waals surface area contributed by atoms with Crippen molar-refractivity contribution in [2.75, 3.05) is 0 Å². The molecular weight excluding hydrogens is 152 g/mol. The van der Waals surface area contributed by atoms with Gasteiger partial charge in [0.05, 0.1) is 6.42 Å². The fraction of sp³-hybridized carbons (Fsp3) is 0.167. The highest BCUT2D eigenvalue weighted by Gasteiger charge is 2.17. The molecule has 0 spiro atoms. The van der Waals surface area contributed by atoms with E-state index in [1.807, 2.05) is 0 Å². The molecule has 0 aromatic rings. The number of carboxylic acids is 2. The van der Waals surface area contributed by atoms with Gasteiger partial charge in [0.15, 0.2) is 0 Å². The molecule has 0 saturated carbocycles. The van der Waals surface area contributed by atoms with Gasteiger partial charge in [-0.15, -0.1) is 0 Å². The monoisotopic (exact) mass is 158 g/mol. The Labute approximate surface area is 61.9 Å². The van der Waals surface area contributed by atoms with Crippen LogP contribution < -0.4 is 0 Å². The van der Waals surface area contributed by atoms with Crippen LogP contribution in [0, 0.1) is 0 Å². The Morgan fingerprint density at radius 3 is 1.91 bits per heavy atom. The number of carbonyl (C=O) groups is 3. The lowest BCUT2D eigenvalue weighted by molar-refractivity contribution is -0.147. The van der Waals surface area contributed by atoms with Crippen molar-refractivity contribution in [3.05, 3.63) is 12.2 Å². The highest BCUT2D eigenvalue weighted by molar-refractivity contribution is 6.39. The van der Waals surface area contributed by atoms with E-state index in [1.54, 1.807) is 0 Å². The van der Waals surface area contributed by atoms with Crippen LogP contribution in [-0.2, 0) is 14.4 Å². The summed E-state index contributed by atoms with van der Waals surface area (Å²) in [6, 6.07) is 0. The molecule has 0 fully saturated rings. The summed E-state index contributed by atoms with van der Waals surface area (Å²) in [7, 11) is 0. The second kappa shape index (κ2) is 3.50. The van der Waals surface area contributed by atoms with Crippen LogP contribution >= 0.6 is 0 Å². The molecule has 0 amide bonds. The van der Waals surface area contributed by atoms with E-state index in [2.05, 4.69) is 6.58 Å². The first-order valence-electron chi connectivity index (χ1n) is 2.62. The Morgan fingerprint density at radius 1 is 1.18 bits per heavy atom. The van der Waals surface area contributed by atoms with Crippen molar-refractivity contribution < 1.29 is 24.6 Å². The predicted octanol–water partition coefficient (Wildman–Crippen LogP) is -0.329. The molecule has 0 aliphatic rings. The van der Waals surface area contributed by atoms with Gasteiger partial charge in [0.25, 0.3) is 5.78 Å². The van der Waals surface area contributed by atoms with Gasteiger partial charge >= 0.3 is 11.9 Å². The molecule has 5 heteroatoms. The fourth-order valence-corrected chi connectivity index (χ4v) is 0.414. The van der Waals surface area contributed by atoms with E-state index >= 15 is 0 Å². The van der Waals surface area contributed by atoms with Crippen LogP contribution in [0.3, 0.4) is 0 Å². The molecule has 0 heterocycles. The molecule has 0 aliphatic carbocycles. The number of hydrogen-bond acceptors (Lipinski definition) is 3. The first-order chi connectivity index (χ1) is 4.95. The van der Waals surface area contributed by atoms with Crippen LogP contribution in [0.15, 0.2) is 12.2 Å². The fourth-order valence-electron chi connectivity index (χ4n) is 0.414. The minimum Gasteiger partial charge on any atom is -0.481 e. The first kappa shape index (κ1) is 9.35. The first-order valence-corrected chi connectivity index (χ1v) is 2.62. The molecule has 0 saturated heterocycles. The van der Waals surface area contributed by atoms with Crippen molar-refractivity contribution in [3.63, 3.8) is 0 Å². The topological polar surface area (TPSA) is 91.7 Å². The van der Waals surface area contributed by atoms with E-state index in [-0.39, 0.29) is 0 Å². The van der Waals surface area contributed by atoms with Gasteiger partial charge in [0, 0.05) is 5.57 Å². The molecule has 2 N–H and O–H groups in total. The van der Waals surface area contributed by atoms with E-state index in [1.165, 1.54) is 0 Å². The van der Waals surface area contributed by atoms with E-state index in [9.17, 15) is 14.4 Å². The van der Waals surface area contributed by atoms with Crippen LogP contribution in [0.1, 0.15) is 6.42 Å². The smallest absolute Gasteiger partial charge is 0.376 e. The van der Waals surface area contributed by atoms with Crippen molar-refractivity contribution in [2.24, 2.45) is 0 Å². The lowest BCUT2D eigenvalue weighted by atomic mass is 10.1. The summed E-state index contributed by atoms with van der Waals surface area (Å²) in [5.74, 6) is -4.21. The van der Waals surface area contributed by atoms with E-state index in [0.717, 1.165) is 0 Å². The van der Waals surface area contributed by atoms with Gasteiger partial charge in [-0.3, -0.25) is 9.59 Å². The van der Waals surface area contributed by atoms with Gasteiger partial charge in [0.2, 0.25) is 0 Å². The molecule has 0 unspecified atom stereocenters. The SMILES string of the molecule is C=C(CC(=O)O)C(=O)C(=O)O. The normalized spacial score (nSPS) is 8.73. The van der Waals surface area contributed by atoms with E-state index in [0.29, 0.717) is 0 Å². The average molecular weight is 158 g/mol. The van der Waals surface area contributed by atoms with Crippen molar-refractivity contribution in [1.29, 1.82) is 0 Å². The summed E-state index contributed by atoms with van der Waals surface area (Å²) >= 11 is 0. The molecule has 0 atom stereocenters. The Kier molecular flexibility index (Phi) is 2.98. The lowest BCUT2D eigenvalue weighted by Crippen LogP contribution is -2.16. The number of aliphatic carboxylic acids is 2. The second-order valence-electron chi connectivity index (χ2n) is 1.81. The summed E-state index contributed by atoms with van der Waals surface area (Å²) < 4.78 is 0. The van der Waals surface area contributed by atoms with Crippen LogP contribution in [0.2, 0.25) is 0 Å². The van der Waals surface area contributed by atoms with Gasteiger partial charge < -0.3 is 10.2 Å². The number of carboxylic acid groups (broad SMARTS) is 2. The van der Waals surface area contributed by atoms with Crippen molar-refractivity contribution in [2.45, 2.75) is 6.42 Å². The molecule has 0 radical (unpaired) electrons. The minimum atomic E-state index is -1.68. The third kappa shape index (κ3) is 3.14. The quantitative estimate of drug-likeness (QED) is 0.431. The Morgan fingerprint density at radius 2 is 1.64 bits per heavy atom. The number of hydrogen-bond donors (Lipinski definition) is 2. The molecule has 0 rings (SSSR count). The molecule has 11 heavy (non-hydrogen) atoms. The van der Waals surface area contributed by atoms with Crippen LogP contribution in [0.5, 0.6) is 0 Å². The predicted molar refractivity (Wildman–Crippen MR) is 34.0 cm³/mol. The Bertz CT molecular complexity index is 227. The van der Waals surface area contributed by atoms with Crippen LogP contribution in [0.25, 0.3) is 0 Å². The molecule has 0 aromatic carbocycles. The van der Waals surface area contributed by atoms with Gasteiger partial charge in [-0.25, -0.2) is 4.79 Å². The van der Waals surface area contributed by atoms with E-state index in [4.69, 9.17) is 10.2 Å². The summed E-state index contributed by atoms with van der Waals surface area (Å²) in [6.07, 6.45) is -0.634. The molecule has 0 aliphatic heterocycles. The van der Waals surface area contributed by atoms with Gasteiger partial charge in [-0.05, 0) is 0 Å². The second-order valence-corrected chi connectivity index (χ2v) is 1.81. The standard InChI is InChI=1S/C6H6O5/c1-3(2-4(7)8)5(9)6(10)11/h1-2H2,(H,7,8)(H,10,11). The summed E-state index contributed by atoms with van der Waals surface area (Å²) in [5, 5.41) is 16.2. The number of carbonyl (C=O) groups excluding carboxylic acids is 1. The average Bonchev–Trinajstić information content (AvgIpc) is 1.84. The van der Waals surface area contributed by atoms with Crippen molar-refractivity contribution in [3.8, 4) is 0 Å². The number of Topliss-reactive ketones (excluding diaryl/α,β-unsaturated/α-hetero) is 1. The maximum atomic E-state index is 10.4. The third-order valence-electron chi connectivity index (χ3n) is 0.880. The Hall–Kier alpha value is -1.65. The van der Waals surface area contributed by atoms with E-state index < -0.39 is 29.7 Å². The largest absolute Gasteiger partial charge is 0.481 e. The highest BCUT2D eigenvalue weighted by Crippen LogP contribution is 1.98. The zero-order valence-corrected chi connectivity index (χ0v) is 5.53. The van der Waals surface area contributed by atoms with Gasteiger partial charge in [-0.2, -0.15) is 0 Å². The zero-order chi connectivity index (χ0) is 9.02. The zero-order valence-electron chi connectivity index (χ0n) is 5.53. The number of rotatable bonds is 4. The highest BCUT2D eigenvalue weighted by atomic mass is 16.4.